The minimum absolute atomic E-state index is 0.0886. The fraction of sp³-hybridized carbons (Fsp3) is 0.754. The van der Waals surface area contributed by atoms with Crippen molar-refractivity contribution in [2.75, 3.05) is 27.9 Å². The van der Waals surface area contributed by atoms with E-state index in [1.807, 2.05) is 44.2 Å². The van der Waals surface area contributed by atoms with Crippen LogP contribution in [0.15, 0.2) is 48.6 Å². The minimum atomic E-state index is -1.69. The number of aliphatic hydroxyl groups excluding tert-OH is 5. The lowest BCUT2D eigenvalue weighted by molar-refractivity contribution is -0.373. The van der Waals surface area contributed by atoms with Gasteiger partial charge in [0.2, 0.25) is 0 Å². The number of fused-ring (bicyclic) bond motifs is 1. The summed E-state index contributed by atoms with van der Waals surface area (Å²) >= 11 is 0. The highest BCUT2D eigenvalue weighted by atomic mass is 16.8. The number of aliphatic hydroxyl groups is 6. The quantitative estimate of drug-likeness (QED) is 0.0853. The van der Waals surface area contributed by atoms with Gasteiger partial charge in [0.15, 0.2) is 30.9 Å². The molecule has 0 aromatic heterocycles. The van der Waals surface area contributed by atoms with Crippen LogP contribution in [0.4, 0.5) is 0 Å². The lowest BCUT2D eigenvalue weighted by Gasteiger charge is -2.55. The van der Waals surface area contributed by atoms with Crippen LogP contribution in [0, 0.1) is 22.7 Å². The van der Waals surface area contributed by atoms with Crippen LogP contribution in [0.5, 0.6) is 0 Å². The Morgan fingerprint density at radius 1 is 0.747 bits per heavy atom. The Morgan fingerprint density at radius 2 is 1.35 bits per heavy atom. The second-order valence-electron chi connectivity index (χ2n) is 22.9. The van der Waals surface area contributed by atoms with E-state index in [2.05, 4.69) is 0 Å². The molecular formula is C57H82O22. The molecule has 25 atom stereocenters. The van der Waals surface area contributed by atoms with Crippen LogP contribution in [-0.2, 0) is 76.0 Å². The number of allylic oxidation sites excluding steroid dienone is 1. The number of rotatable bonds is 19. The van der Waals surface area contributed by atoms with Gasteiger partial charge >= 0.3 is 5.97 Å². The number of esters is 1. The van der Waals surface area contributed by atoms with E-state index in [-0.39, 0.29) is 49.5 Å². The Balaban J connectivity index is 0.875. The fourth-order valence-electron chi connectivity index (χ4n) is 13.3. The van der Waals surface area contributed by atoms with Gasteiger partial charge in [-0.15, -0.1) is 0 Å². The van der Waals surface area contributed by atoms with Crippen LogP contribution in [0.1, 0.15) is 98.5 Å². The molecule has 22 nitrogen and oxygen atoms in total. The van der Waals surface area contributed by atoms with Crippen molar-refractivity contribution in [2.24, 2.45) is 22.7 Å². The van der Waals surface area contributed by atoms with E-state index in [0.29, 0.717) is 19.3 Å². The van der Waals surface area contributed by atoms with Gasteiger partial charge in [-0.3, -0.25) is 14.4 Å². The van der Waals surface area contributed by atoms with Crippen LogP contribution in [0.3, 0.4) is 0 Å². The monoisotopic (exact) mass is 1120 g/mol. The second-order valence-corrected chi connectivity index (χ2v) is 22.9. The summed E-state index contributed by atoms with van der Waals surface area (Å²) in [4.78, 5) is 54.5. The molecule has 0 bridgehead atoms. The highest BCUT2D eigenvalue weighted by Gasteiger charge is 2.62. The van der Waals surface area contributed by atoms with Gasteiger partial charge in [-0.1, -0.05) is 37.3 Å². The number of methoxy groups -OCH3 is 3. The van der Waals surface area contributed by atoms with Crippen LogP contribution in [0.2, 0.25) is 0 Å². The van der Waals surface area contributed by atoms with Crippen molar-refractivity contribution in [1.29, 1.82) is 0 Å². The third kappa shape index (κ3) is 12.6. The summed E-state index contributed by atoms with van der Waals surface area (Å²) in [6.07, 6.45) is -13.1. The Kier molecular flexibility index (Phi) is 19.9. The molecule has 4 heterocycles. The molecule has 6 N–H and O–H groups in total. The number of carbonyl (C=O) groups is 4. The summed E-state index contributed by atoms with van der Waals surface area (Å²) in [7, 11) is 4.43. The molecule has 1 aromatic carbocycles. The Morgan fingerprint density at radius 3 is 1.97 bits per heavy atom. The maximum Gasteiger partial charge on any atom is 0.331 e. The maximum atomic E-state index is 14.1. The van der Waals surface area contributed by atoms with Crippen molar-refractivity contribution < 1.29 is 107 Å². The van der Waals surface area contributed by atoms with Gasteiger partial charge in [0, 0.05) is 70.3 Å². The molecule has 8 rings (SSSR count). The summed E-state index contributed by atoms with van der Waals surface area (Å²) in [6, 6.07) is 9.16. The number of Topliss-reactive ketones (excluding diaryl/α,β-unsaturated/α-hetero) is 2. The molecular weight excluding hydrogens is 1040 g/mol. The standard InChI is InChI=1S/C57H82O22/c1-28(59)34-16-17-40(61)56(34,6)41(76-42(62)18-15-32-13-11-10-12-14-32)23-35-36(60)20-22-57(67)26-33(19-21-55(35,57)5)74-43-24-37(68-7)49(29(2)71-43)77-44-25-38(69-8)50(30(3)72-44)78-54-48(66)52(70-9)51(31(4)73-54)79-53-47(65)46(64)45(63)39(27-58)75-53/h10-15,18,20,22,29-31,33-35,37-39,41,43-54,58,63-67H,16-17,19,21,23-27H2,1-9H3/b18-15+/t29-,30-,31-,33+,34-,35+,37+,38+,39-,41-,43+,44+,45-,46+,47-,48-,49-,50-,51-,52-,53+,54+,55-,56-,57+/m1/s1. The highest BCUT2D eigenvalue weighted by Crippen LogP contribution is 2.57. The van der Waals surface area contributed by atoms with Gasteiger partial charge in [-0.25, -0.2) is 4.79 Å². The maximum absolute atomic E-state index is 14.1. The molecule has 0 amide bonds. The molecule has 4 saturated heterocycles. The molecule has 79 heavy (non-hydrogen) atoms. The van der Waals surface area contributed by atoms with Crippen molar-refractivity contribution in [3.05, 3.63) is 54.1 Å². The molecule has 442 valence electrons. The second kappa shape index (κ2) is 25.6. The zero-order chi connectivity index (χ0) is 57.3. The van der Waals surface area contributed by atoms with Crippen LogP contribution in [-0.4, -0.2) is 210 Å². The normalized spacial score (nSPS) is 45.1. The van der Waals surface area contributed by atoms with Crippen molar-refractivity contribution in [3.8, 4) is 0 Å². The summed E-state index contributed by atoms with van der Waals surface area (Å²) in [5.41, 5.74) is -3.27. The Hall–Kier alpha value is -3.50. The number of carbonyl (C=O) groups excluding carboxylic acids is 4. The van der Waals surface area contributed by atoms with Crippen LogP contribution in [0.25, 0.3) is 6.08 Å². The largest absolute Gasteiger partial charge is 0.458 e. The van der Waals surface area contributed by atoms with E-state index in [4.69, 9.17) is 56.8 Å². The van der Waals surface area contributed by atoms with Crippen molar-refractivity contribution in [1.82, 2.24) is 0 Å². The lowest BCUT2D eigenvalue weighted by atomic mass is 9.52. The summed E-state index contributed by atoms with van der Waals surface area (Å²) in [5, 5.41) is 65.0. The molecule has 2 saturated carbocycles. The summed E-state index contributed by atoms with van der Waals surface area (Å²) in [5.74, 6) is -3.03. The third-order valence-corrected chi connectivity index (χ3v) is 18.2. The third-order valence-electron chi connectivity index (χ3n) is 18.2. The number of benzene rings is 1. The highest BCUT2D eigenvalue weighted by molar-refractivity contribution is 5.97. The average molecular weight is 1120 g/mol. The van der Waals surface area contributed by atoms with Gasteiger partial charge in [-0.05, 0) is 84.1 Å². The summed E-state index contributed by atoms with van der Waals surface area (Å²) < 4.78 is 73.7. The first-order valence-corrected chi connectivity index (χ1v) is 27.6. The average Bonchev–Trinajstić information content (AvgIpc) is 3.97. The van der Waals surface area contributed by atoms with E-state index in [1.165, 1.54) is 39.4 Å². The van der Waals surface area contributed by atoms with Crippen molar-refractivity contribution >= 4 is 29.4 Å². The SMILES string of the molecule is CO[C@@H]1[C@@H](O)[C@H](O[C@H]2[C@@H](OC)C[C@H](O[C@H]3[C@@H](OC)C[C@H](O[C@H]4CC[C@]5(C)[C@@H](C[C@@H](OC(=O)/C=C/c6ccccc6)[C@@]6(C)C(=O)CC[C@@H]6C(C)=O)C(=O)C=C[C@]5(O)C4)O[C@@H]3C)O[C@@H]2C)O[C@H](C)[C@H]1O[C@@H]1O[C@H](CO)[C@@H](O)[C@H](O)[C@H]1O. The van der Waals surface area contributed by atoms with E-state index in [0.717, 1.165) is 5.56 Å². The van der Waals surface area contributed by atoms with E-state index < -0.39 is 164 Å². The van der Waals surface area contributed by atoms with Gasteiger partial charge in [0.05, 0.1) is 54.2 Å². The molecule has 22 heteroatoms. The molecule has 4 aliphatic heterocycles. The molecule has 6 fully saturated rings. The van der Waals surface area contributed by atoms with Crippen LogP contribution >= 0.6 is 0 Å². The van der Waals surface area contributed by atoms with Gasteiger partial charge < -0.3 is 87.5 Å². The molecule has 0 radical (unpaired) electrons. The molecule has 3 aliphatic carbocycles. The number of hydrogen-bond acceptors (Lipinski definition) is 22. The van der Waals surface area contributed by atoms with Crippen molar-refractivity contribution in [3.63, 3.8) is 0 Å². The van der Waals surface area contributed by atoms with E-state index in [9.17, 15) is 49.8 Å². The predicted octanol–water partition coefficient (Wildman–Crippen LogP) is 2.01. The molecule has 1 aromatic rings. The zero-order valence-corrected chi connectivity index (χ0v) is 46.5. The first kappa shape index (κ1) is 61.6. The first-order chi connectivity index (χ1) is 37.5. The van der Waals surface area contributed by atoms with E-state index in [1.54, 1.807) is 34.0 Å². The molecule has 0 unspecified atom stereocenters. The summed E-state index contributed by atoms with van der Waals surface area (Å²) in [6.45, 7) is 9.51. The molecule has 0 spiro atoms. The van der Waals surface area contributed by atoms with Gasteiger partial charge in [0.1, 0.15) is 72.6 Å². The fourth-order valence-corrected chi connectivity index (χ4v) is 13.3. The number of ether oxygens (including phenoxy) is 12. The number of hydrogen-bond donors (Lipinski definition) is 6. The first-order valence-electron chi connectivity index (χ1n) is 27.6. The zero-order valence-electron chi connectivity index (χ0n) is 46.5. The predicted molar refractivity (Wildman–Crippen MR) is 275 cm³/mol. The van der Waals surface area contributed by atoms with E-state index >= 15 is 0 Å². The van der Waals surface area contributed by atoms with Gasteiger partial charge in [-0.2, -0.15) is 0 Å². The Bertz CT molecular complexity index is 2320. The number of ketones is 3. The van der Waals surface area contributed by atoms with Crippen LogP contribution < -0.4 is 0 Å². The van der Waals surface area contributed by atoms with Gasteiger partial charge in [0.25, 0.3) is 0 Å². The Labute approximate surface area is 460 Å². The molecule has 7 aliphatic rings. The minimum Gasteiger partial charge on any atom is -0.458 e. The van der Waals surface area contributed by atoms with Crippen molar-refractivity contribution in [2.45, 2.75) is 221 Å². The topological polar surface area (TPSA) is 300 Å². The smallest absolute Gasteiger partial charge is 0.331 e. The lowest BCUT2D eigenvalue weighted by Crippen LogP contribution is -2.65.